The summed E-state index contributed by atoms with van der Waals surface area (Å²) in [6, 6.07) is 13.1. The van der Waals surface area contributed by atoms with Gasteiger partial charge in [-0.05, 0) is 56.0 Å². The Kier molecular flexibility index (Phi) is 8.05. The second kappa shape index (κ2) is 10.3. The van der Waals surface area contributed by atoms with Crippen LogP contribution in [0.4, 0.5) is 0 Å². The average molecular weight is 447 g/mol. The van der Waals surface area contributed by atoms with Crippen LogP contribution < -0.4 is 10.1 Å². The molecule has 1 atom stereocenters. The molecule has 0 spiro atoms. The van der Waals surface area contributed by atoms with Crippen molar-refractivity contribution in [3.8, 4) is 5.75 Å². The second-order valence-corrected chi connectivity index (χ2v) is 7.57. The van der Waals surface area contributed by atoms with Crippen LogP contribution in [0.25, 0.3) is 0 Å². The van der Waals surface area contributed by atoms with Gasteiger partial charge in [-0.1, -0.05) is 46.3 Å². The largest absolute Gasteiger partial charge is 0.484 e. The van der Waals surface area contributed by atoms with Gasteiger partial charge >= 0.3 is 0 Å². The monoisotopic (exact) mass is 446 g/mol. The van der Waals surface area contributed by atoms with Crippen molar-refractivity contribution in [2.75, 3.05) is 20.2 Å². The van der Waals surface area contributed by atoms with Gasteiger partial charge in [0, 0.05) is 18.1 Å². The van der Waals surface area contributed by atoms with Crippen molar-refractivity contribution in [3.05, 3.63) is 63.6 Å². The molecule has 0 aliphatic rings. The fourth-order valence-corrected chi connectivity index (χ4v) is 3.23. The maximum atomic E-state index is 12.8. The van der Waals surface area contributed by atoms with Crippen molar-refractivity contribution >= 4 is 27.7 Å². The molecular formula is C22H27BrN2O3. The molecule has 28 heavy (non-hydrogen) atoms. The van der Waals surface area contributed by atoms with Gasteiger partial charge < -0.3 is 15.0 Å². The lowest BCUT2D eigenvalue weighted by Gasteiger charge is -2.28. The number of ether oxygens (including phenoxy) is 1. The number of hydrogen-bond acceptors (Lipinski definition) is 3. The number of carbonyl (C=O) groups excluding carboxylic acids is 2. The standard InChI is InChI=1S/C22H27BrN2O3/c1-15-12-19(13-16(2)21(15)23)28-14-20(26)25(17(3)22(27)24-4)11-10-18-8-6-5-7-9-18/h5-9,12-13,17H,10-11,14H2,1-4H3,(H,24,27)/t17-/m0/s1. The minimum absolute atomic E-state index is 0.114. The van der Waals surface area contributed by atoms with Crippen molar-refractivity contribution in [1.29, 1.82) is 0 Å². The molecule has 150 valence electrons. The molecule has 0 aliphatic heterocycles. The first-order valence-corrected chi connectivity index (χ1v) is 10.1. The van der Waals surface area contributed by atoms with Crippen LogP contribution in [0.15, 0.2) is 46.9 Å². The third-order valence-corrected chi connectivity index (χ3v) is 5.92. The molecule has 6 heteroatoms. The summed E-state index contributed by atoms with van der Waals surface area (Å²) < 4.78 is 6.77. The summed E-state index contributed by atoms with van der Waals surface area (Å²) in [6.45, 7) is 6.02. The Balaban J connectivity index is 2.08. The average Bonchev–Trinajstić information content (AvgIpc) is 2.70. The molecule has 0 aliphatic carbocycles. The lowest BCUT2D eigenvalue weighted by molar-refractivity contribution is -0.141. The Morgan fingerprint density at radius 3 is 2.32 bits per heavy atom. The highest BCUT2D eigenvalue weighted by Gasteiger charge is 2.25. The number of halogens is 1. The summed E-state index contributed by atoms with van der Waals surface area (Å²) in [5.74, 6) is 0.226. The number of benzene rings is 2. The summed E-state index contributed by atoms with van der Waals surface area (Å²) in [6.07, 6.45) is 0.671. The Bertz CT molecular complexity index is 801. The van der Waals surface area contributed by atoms with Gasteiger partial charge in [-0.15, -0.1) is 0 Å². The van der Waals surface area contributed by atoms with Crippen molar-refractivity contribution in [1.82, 2.24) is 10.2 Å². The smallest absolute Gasteiger partial charge is 0.261 e. The molecule has 2 aromatic rings. The minimum atomic E-state index is -0.571. The molecule has 0 bridgehead atoms. The highest BCUT2D eigenvalue weighted by Crippen LogP contribution is 2.26. The molecule has 5 nitrogen and oxygen atoms in total. The van der Waals surface area contributed by atoms with E-state index in [1.165, 1.54) is 0 Å². The summed E-state index contributed by atoms with van der Waals surface area (Å²) in [4.78, 5) is 26.5. The van der Waals surface area contributed by atoms with Gasteiger partial charge in [-0.2, -0.15) is 0 Å². The van der Waals surface area contributed by atoms with E-state index in [2.05, 4.69) is 21.2 Å². The normalized spacial score (nSPS) is 11.6. The van der Waals surface area contributed by atoms with Gasteiger partial charge in [0.2, 0.25) is 5.91 Å². The van der Waals surface area contributed by atoms with Crippen molar-refractivity contribution in [3.63, 3.8) is 0 Å². The molecule has 0 heterocycles. The number of likely N-dealkylation sites (N-methyl/N-ethyl adjacent to an activating group) is 1. The van der Waals surface area contributed by atoms with E-state index >= 15 is 0 Å². The predicted molar refractivity (Wildman–Crippen MR) is 114 cm³/mol. The number of carbonyl (C=O) groups is 2. The number of amides is 2. The third kappa shape index (κ3) is 5.83. The van der Waals surface area contributed by atoms with Crippen molar-refractivity contribution in [2.24, 2.45) is 0 Å². The van der Waals surface area contributed by atoms with Crippen LogP contribution in [0.3, 0.4) is 0 Å². The molecule has 0 aromatic heterocycles. The van der Waals surface area contributed by atoms with Gasteiger partial charge in [0.05, 0.1) is 0 Å². The number of aryl methyl sites for hydroxylation is 2. The van der Waals surface area contributed by atoms with Gasteiger partial charge in [0.25, 0.3) is 5.91 Å². The molecule has 2 amide bonds. The Morgan fingerprint density at radius 1 is 1.14 bits per heavy atom. The zero-order chi connectivity index (χ0) is 20.7. The summed E-state index contributed by atoms with van der Waals surface area (Å²) >= 11 is 3.53. The first kappa shape index (κ1) is 22.0. The molecule has 0 radical (unpaired) electrons. The topological polar surface area (TPSA) is 58.6 Å². The SMILES string of the molecule is CNC(=O)[C@H](C)N(CCc1ccccc1)C(=O)COc1cc(C)c(Br)c(C)c1. The van der Waals surface area contributed by atoms with Crippen LogP contribution in [0.1, 0.15) is 23.6 Å². The van der Waals surface area contributed by atoms with Crippen molar-refractivity contribution in [2.45, 2.75) is 33.2 Å². The summed E-state index contributed by atoms with van der Waals surface area (Å²) in [7, 11) is 1.57. The quantitative estimate of drug-likeness (QED) is 0.672. The van der Waals surface area contributed by atoms with Crippen molar-refractivity contribution < 1.29 is 14.3 Å². The summed E-state index contributed by atoms with van der Waals surface area (Å²) in [5.41, 5.74) is 3.20. The fraction of sp³-hybridized carbons (Fsp3) is 0.364. The van der Waals surface area contributed by atoms with E-state index in [9.17, 15) is 9.59 Å². The van der Waals surface area contributed by atoms with Crippen LogP contribution >= 0.6 is 15.9 Å². The van der Waals surface area contributed by atoms with Crippen LogP contribution in [0, 0.1) is 13.8 Å². The maximum Gasteiger partial charge on any atom is 0.261 e. The number of hydrogen-bond donors (Lipinski definition) is 1. The lowest BCUT2D eigenvalue weighted by Crippen LogP contribution is -2.49. The lowest BCUT2D eigenvalue weighted by atomic mass is 10.1. The maximum absolute atomic E-state index is 12.8. The van der Waals surface area contributed by atoms with Crippen LogP contribution in [-0.2, 0) is 16.0 Å². The summed E-state index contributed by atoms with van der Waals surface area (Å²) in [5, 5.41) is 2.61. The third-order valence-electron chi connectivity index (χ3n) is 4.67. The molecule has 2 aromatic carbocycles. The fourth-order valence-electron chi connectivity index (χ4n) is 3.00. The van der Waals surface area contributed by atoms with Gasteiger partial charge in [-0.25, -0.2) is 0 Å². The molecule has 1 N–H and O–H groups in total. The molecule has 0 fully saturated rings. The molecular weight excluding hydrogens is 420 g/mol. The highest BCUT2D eigenvalue weighted by molar-refractivity contribution is 9.10. The van der Waals surface area contributed by atoms with E-state index in [0.717, 1.165) is 21.2 Å². The highest BCUT2D eigenvalue weighted by atomic mass is 79.9. The first-order chi connectivity index (χ1) is 13.3. The second-order valence-electron chi connectivity index (χ2n) is 6.77. The zero-order valence-electron chi connectivity index (χ0n) is 16.8. The molecule has 2 rings (SSSR count). The van der Waals surface area contributed by atoms with Crippen LogP contribution in [-0.4, -0.2) is 43.0 Å². The van der Waals surface area contributed by atoms with Crippen LogP contribution in [0.5, 0.6) is 5.75 Å². The Hall–Kier alpha value is -2.34. The molecule has 0 saturated heterocycles. The van der Waals surface area contributed by atoms with E-state index in [0.29, 0.717) is 18.7 Å². The van der Waals surface area contributed by atoms with Gasteiger partial charge in [0.15, 0.2) is 6.61 Å². The molecule has 0 saturated carbocycles. The van der Waals surface area contributed by atoms with Crippen LogP contribution in [0.2, 0.25) is 0 Å². The van der Waals surface area contributed by atoms with E-state index in [-0.39, 0.29) is 18.4 Å². The van der Waals surface area contributed by atoms with E-state index in [1.54, 1.807) is 18.9 Å². The van der Waals surface area contributed by atoms with E-state index in [4.69, 9.17) is 4.74 Å². The zero-order valence-corrected chi connectivity index (χ0v) is 18.4. The van der Waals surface area contributed by atoms with Gasteiger partial charge in [-0.3, -0.25) is 9.59 Å². The number of nitrogens with zero attached hydrogens (tertiary/aromatic N) is 1. The van der Waals surface area contributed by atoms with E-state index < -0.39 is 6.04 Å². The first-order valence-electron chi connectivity index (χ1n) is 9.28. The Labute approximate surface area is 175 Å². The minimum Gasteiger partial charge on any atom is -0.484 e. The number of rotatable bonds is 8. The van der Waals surface area contributed by atoms with Gasteiger partial charge in [0.1, 0.15) is 11.8 Å². The van der Waals surface area contributed by atoms with E-state index in [1.807, 2.05) is 56.3 Å². The predicted octanol–water partition coefficient (Wildman–Crippen LogP) is 3.65. The Morgan fingerprint density at radius 2 is 1.75 bits per heavy atom. The molecule has 0 unspecified atom stereocenters. The number of nitrogens with one attached hydrogen (secondary N) is 1.